The van der Waals surface area contributed by atoms with Crippen molar-refractivity contribution in [1.82, 2.24) is 25.0 Å². The Morgan fingerprint density at radius 3 is 2.84 bits per heavy atom. The first-order valence-corrected chi connectivity index (χ1v) is 9.43. The molecule has 2 aromatic rings. The van der Waals surface area contributed by atoms with Gasteiger partial charge in [0.25, 0.3) is 0 Å². The largest absolute Gasteiger partial charge is 0.394 e. The summed E-state index contributed by atoms with van der Waals surface area (Å²) < 4.78 is 6.86. The van der Waals surface area contributed by atoms with Crippen LogP contribution in [0.2, 0.25) is 5.15 Å². The van der Waals surface area contributed by atoms with E-state index in [1.54, 1.807) is 0 Å². The van der Waals surface area contributed by atoms with E-state index in [1.165, 1.54) is 16.4 Å². The Labute approximate surface area is 153 Å². The van der Waals surface area contributed by atoms with E-state index in [2.05, 4.69) is 27.2 Å². The maximum atomic E-state index is 10.4. The number of hydrogen-bond acceptors (Lipinski definition) is 9. The van der Waals surface area contributed by atoms with Gasteiger partial charge in [0.15, 0.2) is 21.5 Å². The Bertz CT molecular complexity index is 733. The van der Waals surface area contributed by atoms with Crippen LogP contribution in [0, 0.1) is 0 Å². The maximum absolute atomic E-state index is 10.4. The number of fused-ring (bicyclic) bond motifs is 1. The van der Waals surface area contributed by atoms with E-state index in [0.717, 1.165) is 12.2 Å². The van der Waals surface area contributed by atoms with Gasteiger partial charge < -0.3 is 20.1 Å². The van der Waals surface area contributed by atoms with Gasteiger partial charge in [-0.15, -0.1) is 5.10 Å². The van der Waals surface area contributed by atoms with Gasteiger partial charge in [0.05, 0.1) is 25.4 Å². The number of thioether (sulfide) groups is 1. The second-order valence-corrected chi connectivity index (χ2v) is 7.19. The van der Waals surface area contributed by atoms with Crippen molar-refractivity contribution in [1.29, 1.82) is 0 Å². The highest BCUT2D eigenvalue weighted by molar-refractivity contribution is 7.99. The molecule has 138 valence electrons. The van der Waals surface area contributed by atoms with Gasteiger partial charge in [-0.05, 0) is 6.42 Å². The van der Waals surface area contributed by atoms with Crippen LogP contribution in [0.15, 0.2) is 5.16 Å². The minimum Gasteiger partial charge on any atom is -0.394 e. The fraction of sp³-hybridized carbons (Fsp3) is 0.714. The monoisotopic (exact) mass is 389 g/mol. The second kappa shape index (κ2) is 8.11. The average Bonchev–Trinajstić information content (AvgIpc) is 3.14. The molecule has 11 heteroatoms. The zero-order chi connectivity index (χ0) is 18.0. The lowest BCUT2D eigenvalue weighted by molar-refractivity contribution is -0.0629. The smallest absolute Gasteiger partial charge is 0.191 e. The van der Waals surface area contributed by atoms with Crippen molar-refractivity contribution in [3.63, 3.8) is 0 Å². The predicted molar refractivity (Wildman–Crippen MR) is 91.6 cm³/mol. The van der Waals surface area contributed by atoms with Crippen molar-refractivity contribution in [3.05, 3.63) is 5.15 Å². The Kier molecular flexibility index (Phi) is 6.08. The SMILES string of the molecule is CCCSc1nc(Cl)c2nnn([C@H]3C[C@@H](OCCO)[C@H](O)[C@@H]3O)c2n1. The summed E-state index contributed by atoms with van der Waals surface area (Å²) in [4.78, 5) is 8.66. The maximum Gasteiger partial charge on any atom is 0.191 e. The molecule has 0 aliphatic heterocycles. The van der Waals surface area contributed by atoms with Gasteiger partial charge in [-0.3, -0.25) is 0 Å². The lowest BCUT2D eigenvalue weighted by Gasteiger charge is -2.17. The quantitative estimate of drug-likeness (QED) is 0.350. The van der Waals surface area contributed by atoms with Gasteiger partial charge in [0.1, 0.15) is 12.2 Å². The lowest BCUT2D eigenvalue weighted by Crippen LogP contribution is -2.33. The molecule has 0 saturated heterocycles. The van der Waals surface area contributed by atoms with Gasteiger partial charge in [0.2, 0.25) is 0 Å². The van der Waals surface area contributed by atoms with Gasteiger partial charge in [-0.1, -0.05) is 35.5 Å². The molecule has 25 heavy (non-hydrogen) atoms. The van der Waals surface area contributed by atoms with Gasteiger partial charge in [-0.2, -0.15) is 0 Å². The van der Waals surface area contributed by atoms with Crippen molar-refractivity contribution >= 4 is 34.5 Å². The summed E-state index contributed by atoms with van der Waals surface area (Å²) in [5, 5.41) is 38.2. The number of rotatable bonds is 7. The molecule has 3 N–H and O–H groups in total. The highest BCUT2D eigenvalue weighted by Gasteiger charge is 2.44. The third kappa shape index (κ3) is 3.74. The fourth-order valence-corrected chi connectivity index (χ4v) is 3.79. The lowest BCUT2D eigenvalue weighted by atomic mass is 10.2. The van der Waals surface area contributed by atoms with Crippen LogP contribution in [0.5, 0.6) is 0 Å². The van der Waals surface area contributed by atoms with Crippen LogP contribution < -0.4 is 0 Å². The molecule has 0 bridgehead atoms. The summed E-state index contributed by atoms with van der Waals surface area (Å²) in [5.74, 6) is 0.852. The minimum atomic E-state index is -1.09. The molecular weight excluding hydrogens is 370 g/mol. The molecule has 2 aromatic heterocycles. The van der Waals surface area contributed by atoms with Crippen LogP contribution in [-0.2, 0) is 4.74 Å². The normalized spacial score (nSPS) is 26.6. The van der Waals surface area contributed by atoms with Crippen LogP contribution in [0.25, 0.3) is 11.2 Å². The number of ether oxygens (including phenoxy) is 1. The summed E-state index contributed by atoms with van der Waals surface area (Å²) in [6, 6.07) is -0.557. The molecule has 2 heterocycles. The molecule has 1 aliphatic rings. The predicted octanol–water partition coefficient (Wildman–Crippen LogP) is 0.421. The van der Waals surface area contributed by atoms with Gasteiger partial charge in [-0.25, -0.2) is 14.6 Å². The van der Waals surface area contributed by atoms with Gasteiger partial charge >= 0.3 is 0 Å². The van der Waals surface area contributed by atoms with Crippen molar-refractivity contribution in [3.8, 4) is 0 Å². The zero-order valence-corrected chi connectivity index (χ0v) is 15.2. The highest BCUT2D eigenvalue weighted by atomic mass is 35.5. The molecule has 0 amide bonds. The van der Waals surface area contributed by atoms with Crippen LogP contribution in [0.1, 0.15) is 25.8 Å². The molecule has 0 spiro atoms. The Balaban J connectivity index is 1.91. The molecule has 1 saturated carbocycles. The number of aliphatic hydroxyl groups excluding tert-OH is 3. The Hall–Kier alpha value is -1.04. The van der Waals surface area contributed by atoms with Crippen LogP contribution >= 0.6 is 23.4 Å². The standard InChI is InChI=1S/C14H20ClN5O4S/c1-2-5-25-14-16-12(15)9-13(17-14)20(19-18-9)7-6-8(24-4-3-21)11(23)10(7)22/h7-8,10-11,21-23H,2-6H2,1H3/t7-,8+,10+,11-/m0/s1. The van der Waals surface area contributed by atoms with E-state index in [-0.39, 0.29) is 18.4 Å². The molecule has 4 atom stereocenters. The second-order valence-electron chi connectivity index (χ2n) is 5.77. The van der Waals surface area contributed by atoms with E-state index < -0.39 is 24.4 Å². The first-order valence-electron chi connectivity index (χ1n) is 8.06. The van der Waals surface area contributed by atoms with E-state index in [1.807, 2.05) is 0 Å². The number of hydrogen-bond donors (Lipinski definition) is 3. The Morgan fingerprint density at radius 2 is 2.12 bits per heavy atom. The summed E-state index contributed by atoms with van der Waals surface area (Å²) in [6.07, 6.45) is -1.48. The molecule has 1 fully saturated rings. The Morgan fingerprint density at radius 1 is 1.32 bits per heavy atom. The molecule has 0 aromatic carbocycles. The molecule has 0 radical (unpaired) electrons. The summed E-state index contributed by atoms with van der Waals surface area (Å²) in [6.45, 7) is 1.99. The topological polar surface area (TPSA) is 126 Å². The highest BCUT2D eigenvalue weighted by Crippen LogP contribution is 2.34. The van der Waals surface area contributed by atoms with Crippen LogP contribution in [-0.4, -0.2) is 77.6 Å². The number of nitrogens with zero attached hydrogens (tertiary/aromatic N) is 5. The molecular formula is C14H20ClN5O4S. The van der Waals surface area contributed by atoms with Crippen molar-refractivity contribution in [2.24, 2.45) is 0 Å². The molecule has 1 aliphatic carbocycles. The first kappa shape index (κ1) is 18.7. The average molecular weight is 390 g/mol. The molecule has 3 rings (SSSR count). The first-order chi connectivity index (χ1) is 12.1. The summed E-state index contributed by atoms with van der Waals surface area (Å²) >= 11 is 7.66. The van der Waals surface area contributed by atoms with Gasteiger partial charge in [0, 0.05) is 12.2 Å². The van der Waals surface area contributed by atoms with Crippen molar-refractivity contribution in [2.45, 2.75) is 49.3 Å². The minimum absolute atomic E-state index is 0.0884. The van der Waals surface area contributed by atoms with E-state index >= 15 is 0 Å². The third-order valence-corrected chi connectivity index (χ3v) is 5.35. The number of aliphatic hydroxyl groups is 3. The summed E-state index contributed by atoms with van der Waals surface area (Å²) in [7, 11) is 0. The van der Waals surface area contributed by atoms with Crippen LogP contribution in [0.3, 0.4) is 0 Å². The van der Waals surface area contributed by atoms with E-state index in [4.69, 9.17) is 21.4 Å². The molecule has 0 unspecified atom stereocenters. The molecule has 9 nitrogen and oxygen atoms in total. The van der Waals surface area contributed by atoms with Crippen molar-refractivity contribution < 1.29 is 20.1 Å². The summed E-state index contributed by atoms with van der Waals surface area (Å²) in [5.41, 5.74) is 0.765. The zero-order valence-electron chi connectivity index (χ0n) is 13.6. The van der Waals surface area contributed by atoms with Crippen LogP contribution in [0.4, 0.5) is 0 Å². The third-order valence-electron chi connectivity index (χ3n) is 4.03. The number of halogens is 1. The van der Waals surface area contributed by atoms with Crippen molar-refractivity contribution in [2.75, 3.05) is 19.0 Å². The number of aromatic nitrogens is 5. The fourth-order valence-electron chi connectivity index (χ4n) is 2.84. The van der Waals surface area contributed by atoms with E-state index in [0.29, 0.717) is 22.7 Å². The van der Waals surface area contributed by atoms with E-state index in [9.17, 15) is 10.2 Å².